The van der Waals surface area contributed by atoms with Gasteiger partial charge in [-0.3, -0.25) is 10.1 Å². The van der Waals surface area contributed by atoms with Crippen LogP contribution < -0.4 is 0 Å². The summed E-state index contributed by atoms with van der Waals surface area (Å²) in [6, 6.07) is 13.2. The molecule has 0 bridgehead atoms. The lowest BCUT2D eigenvalue weighted by atomic mass is 9.85. The van der Waals surface area contributed by atoms with E-state index in [2.05, 4.69) is 0 Å². The molecule has 0 unspecified atom stereocenters. The molecule has 3 rings (SSSR count). The van der Waals surface area contributed by atoms with Gasteiger partial charge in [-0.1, -0.05) is 24.3 Å². The van der Waals surface area contributed by atoms with Crippen molar-refractivity contribution in [3.05, 3.63) is 75.3 Å². The summed E-state index contributed by atoms with van der Waals surface area (Å²) in [5.74, 6) is -0.459. The van der Waals surface area contributed by atoms with Gasteiger partial charge in [0, 0.05) is 18.6 Å². The monoisotopic (exact) mass is 269 g/mol. The highest BCUT2D eigenvalue weighted by atomic mass is 16.6. The number of rotatable bonds is 3. The van der Waals surface area contributed by atoms with Crippen molar-refractivity contribution in [2.24, 2.45) is 0 Å². The summed E-state index contributed by atoms with van der Waals surface area (Å²) in [7, 11) is 0. The summed E-state index contributed by atoms with van der Waals surface area (Å²) in [6.07, 6.45) is 0.503. The molecule has 0 heterocycles. The number of fused-ring (bicyclic) bond motifs is 1. The van der Waals surface area contributed by atoms with Crippen molar-refractivity contribution in [1.29, 1.82) is 0 Å². The van der Waals surface area contributed by atoms with E-state index in [0.717, 1.165) is 12.0 Å². The summed E-state index contributed by atoms with van der Waals surface area (Å²) in [5.41, 5.74) is 2.49. The van der Waals surface area contributed by atoms with E-state index in [9.17, 15) is 14.9 Å². The summed E-state index contributed by atoms with van der Waals surface area (Å²) >= 11 is 0. The number of carbonyl (C=O) groups is 1. The fourth-order valence-electron chi connectivity index (χ4n) is 2.23. The minimum atomic E-state index is -0.503. The van der Waals surface area contributed by atoms with E-state index >= 15 is 0 Å². The fraction of sp³-hybridized carbons (Fsp3) is 0.133. The molecule has 0 saturated carbocycles. The highest BCUT2D eigenvalue weighted by Gasteiger charge is 2.29. The van der Waals surface area contributed by atoms with E-state index in [1.807, 2.05) is 24.3 Å². The Morgan fingerprint density at radius 3 is 2.50 bits per heavy atom. The Kier molecular flexibility index (Phi) is 2.95. The molecule has 20 heavy (non-hydrogen) atoms. The van der Waals surface area contributed by atoms with Crippen LogP contribution in [-0.2, 0) is 11.2 Å². The van der Waals surface area contributed by atoms with Gasteiger partial charge in [0.2, 0.25) is 0 Å². The smallest absolute Gasteiger partial charge is 0.338 e. The van der Waals surface area contributed by atoms with E-state index in [0.29, 0.717) is 5.56 Å². The van der Waals surface area contributed by atoms with Crippen LogP contribution in [0, 0.1) is 10.1 Å². The van der Waals surface area contributed by atoms with Crippen LogP contribution in [0.25, 0.3) is 0 Å². The molecule has 0 saturated heterocycles. The molecule has 0 aliphatic heterocycles. The van der Waals surface area contributed by atoms with Gasteiger partial charge in [0.05, 0.1) is 10.5 Å². The maximum absolute atomic E-state index is 11.9. The van der Waals surface area contributed by atoms with Crippen molar-refractivity contribution < 1.29 is 14.5 Å². The molecule has 0 radical (unpaired) electrons. The molecule has 5 nitrogen and oxygen atoms in total. The average Bonchev–Trinajstić information content (AvgIpc) is 2.44. The highest BCUT2D eigenvalue weighted by molar-refractivity contribution is 5.90. The second-order valence-electron chi connectivity index (χ2n) is 4.60. The summed E-state index contributed by atoms with van der Waals surface area (Å²) < 4.78 is 5.39. The van der Waals surface area contributed by atoms with Crippen molar-refractivity contribution >= 4 is 11.7 Å². The number of hydrogen-bond donors (Lipinski definition) is 0. The third-order valence-electron chi connectivity index (χ3n) is 3.37. The van der Waals surface area contributed by atoms with E-state index in [1.165, 1.54) is 29.8 Å². The molecule has 0 aromatic heterocycles. The highest BCUT2D eigenvalue weighted by Crippen LogP contribution is 2.36. The van der Waals surface area contributed by atoms with Gasteiger partial charge in [-0.2, -0.15) is 0 Å². The zero-order valence-electron chi connectivity index (χ0n) is 10.5. The van der Waals surface area contributed by atoms with Gasteiger partial charge in [-0.05, 0) is 23.3 Å². The van der Waals surface area contributed by atoms with Gasteiger partial charge in [-0.25, -0.2) is 4.79 Å². The Morgan fingerprint density at radius 1 is 1.15 bits per heavy atom. The lowest BCUT2D eigenvalue weighted by molar-refractivity contribution is -0.384. The van der Waals surface area contributed by atoms with Crippen LogP contribution in [-0.4, -0.2) is 10.9 Å². The van der Waals surface area contributed by atoms with Gasteiger partial charge >= 0.3 is 5.97 Å². The predicted octanol–water partition coefficient (Wildman–Crippen LogP) is 3.05. The first-order valence-corrected chi connectivity index (χ1v) is 6.18. The topological polar surface area (TPSA) is 69.4 Å². The maximum Gasteiger partial charge on any atom is 0.338 e. The van der Waals surface area contributed by atoms with Gasteiger partial charge in [-0.15, -0.1) is 0 Å². The van der Waals surface area contributed by atoms with Crippen LogP contribution in [0.2, 0.25) is 0 Å². The summed E-state index contributed by atoms with van der Waals surface area (Å²) in [4.78, 5) is 22.0. The van der Waals surface area contributed by atoms with Crippen LogP contribution in [0.5, 0.6) is 0 Å². The Morgan fingerprint density at radius 2 is 1.85 bits per heavy atom. The molecular weight excluding hydrogens is 258 g/mol. The van der Waals surface area contributed by atoms with Crippen LogP contribution >= 0.6 is 0 Å². The first-order valence-electron chi connectivity index (χ1n) is 6.18. The van der Waals surface area contributed by atoms with E-state index in [1.54, 1.807) is 0 Å². The Balaban J connectivity index is 1.70. The lowest BCUT2D eigenvalue weighted by Gasteiger charge is -2.29. The molecule has 0 spiro atoms. The minimum Gasteiger partial charge on any atom is -0.454 e. The van der Waals surface area contributed by atoms with Crippen LogP contribution in [0.1, 0.15) is 27.6 Å². The SMILES string of the molecule is O=C(O[C@H]1Cc2ccccc21)c1ccc([N+](=O)[O-])cc1. The molecule has 100 valence electrons. The Bertz CT molecular complexity index is 679. The number of benzene rings is 2. The minimum absolute atomic E-state index is 0.0458. The van der Waals surface area contributed by atoms with Crippen molar-refractivity contribution in [2.45, 2.75) is 12.5 Å². The average molecular weight is 269 g/mol. The van der Waals surface area contributed by atoms with Gasteiger partial charge < -0.3 is 4.74 Å². The first-order chi connectivity index (χ1) is 9.65. The van der Waals surface area contributed by atoms with Crippen molar-refractivity contribution in [2.75, 3.05) is 0 Å². The van der Waals surface area contributed by atoms with E-state index < -0.39 is 10.9 Å². The molecule has 0 amide bonds. The van der Waals surface area contributed by atoms with E-state index in [-0.39, 0.29) is 11.8 Å². The van der Waals surface area contributed by atoms with Gasteiger partial charge in [0.15, 0.2) is 0 Å². The van der Waals surface area contributed by atoms with Crippen molar-refractivity contribution in [1.82, 2.24) is 0 Å². The zero-order valence-corrected chi connectivity index (χ0v) is 10.5. The molecule has 2 aromatic carbocycles. The van der Waals surface area contributed by atoms with Gasteiger partial charge in [0.1, 0.15) is 6.10 Å². The molecule has 0 fully saturated rings. The number of esters is 1. The Labute approximate surface area is 115 Å². The number of nitro benzene ring substituents is 1. The van der Waals surface area contributed by atoms with Crippen LogP contribution in [0.3, 0.4) is 0 Å². The number of ether oxygens (including phenoxy) is 1. The third kappa shape index (κ3) is 2.14. The second kappa shape index (κ2) is 4.77. The number of non-ortho nitro benzene ring substituents is 1. The number of nitro groups is 1. The standard InChI is InChI=1S/C15H11NO4/c17-15(10-5-7-12(8-6-10)16(18)19)20-14-9-11-3-1-2-4-13(11)14/h1-8,14H,9H2/t14-/m0/s1. The largest absolute Gasteiger partial charge is 0.454 e. The maximum atomic E-state index is 11.9. The third-order valence-corrected chi connectivity index (χ3v) is 3.37. The predicted molar refractivity (Wildman–Crippen MR) is 71.4 cm³/mol. The molecule has 1 aliphatic rings. The Hall–Kier alpha value is -2.69. The number of hydrogen-bond acceptors (Lipinski definition) is 4. The molecule has 0 N–H and O–H groups in total. The van der Waals surface area contributed by atoms with Crippen LogP contribution in [0.15, 0.2) is 48.5 Å². The molecule has 1 atom stereocenters. The molecule has 1 aliphatic carbocycles. The molecule has 2 aromatic rings. The van der Waals surface area contributed by atoms with Crippen LogP contribution in [0.4, 0.5) is 5.69 Å². The van der Waals surface area contributed by atoms with Gasteiger partial charge in [0.25, 0.3) is 5.69 Å². The van der Waals surface area contributed by atoms with Crippen molar-refractivity contribution in [3.63, 3.8) is 0 Å². The fourth-order valence-corrected chi connectivity index (χ4v) is 2.23. The molecule has 5 heteroatoms. The lowest BCUT2D eigenvalue weighted by Crippen LogP contribution is -2.22. The first kappa shape index (κ1) is 12.3. The quantitative estimate of drug-likeness (QED) is 0.488. The number of carbonyl (C=O) groups excluding carboxylic acids is 1. The summed E-state index contributed by atoms with van der Waals surface area (Å²) in [5, 5.41) is 10.5. The normalized spacial score (nSPS) is 15.9. The van der Waals surface area contributed by atoms with E-state index in [4.69, 9.17) is 4.74 Å². The summed E-state index contributed by atoms with van der Waals surface area (Å²) in [6.45, 7) is 0. The molecular formula is C15H11NO4. The van der Waals surface area contributed by atoms with Crippen molar-refractivity contribution in [3.8, 4) is 0 Å². The zero-order chi connectivity index (χ0) is 14.1. The second-order valence-corrected chi connectivity index (χ2v) is 4.60. The number of nitrogens with zero attached hydrogens (tertiary/aromatic N) is 1.